The van der Waals surface area contributed by atoms with E-state index in [2.05, 4.69) is 79.5 Å². The van der Waals surface area contributed by atoms with Crippen LogP contribution < -0.4 is 5.32 Å². The predicted molar refractivity (Wildman–Crippen MR) is 124 cm³/mol. The van der Waals surface area contributed by atoms with Crippen molar-refractivity contribution in [3.63, 3.8) is 0 Å². The van der Waals surface area contributed by atoms with Gasteiger partial charge in [0.25, 0.3) is 5.89 Å². The molecule has 4 rings (SSSR count). The van der Waals surface area contributed by atoms with Crippen LogP contribution in [0.2, 0.25) is 0 Å². The van der Waals surface area contributed by atoms with E-state index in [1.807, 2.05) is 12.1 Å². The zero-order valence-corrected chi connectivity index (χ0v) is 18.6. The second-order valence-corrected chi connectivity index (χ2v) is 8.12. The van der Waals surface area contributed by atoms with Crippen molar-refractivity contribution in [1.29, 1.82) is 0 Å². The van der Waals surface area contributed by atoms with Crippen molar-refractivity contribution in [2.45, 2.75) is 40.2 Å². The Morgan fingerprint density at radius 3 is 2.53 bits per heavy atom. The molecule has 1 aromatic heterocycles. The first-order valence-corrected chi connectivity index (χ1v) is 10.6. The van der Waals surface area contributed by atoms with Crippen molar-refractivity contribution in [2.75, 3.05) is 6.54 Å². The number of aryl methyl sites for hydroxylation is 2. The topological polar surface area (TPSA) is 54.2 Å². The summed E-state index contributed by atoms with van der Waals surface area (Å²) in [5.41, 5.74) is 6.44. The van der Waals surface area contributed by atoms with Crippen molar-refractivity contribution in [2.24, 2.45) is 0 Å². The molecule has 1 atom stereocenters. The summed E-state index contributed by atoms with van der Waals surface area (Å²) < 4.78 is 5.78. The first-order valence-electron chi connectivity index (χ1n) is 10.2. The summed E-state index contributed by atoms with van der Waals surface area (Å²) in [6.45, 7) is 9.19. The highest BCUT2D eigenvalue weighted by atomic mass is 32.1. The Morgan fingerprint density at radius 2 is 1.83 bits per heavy atom. The Balaban J connectivity index is 1.81. The third-order valence-corrected chi connectivity index (χ3v) is 5.73. The Bertz CT molecular complexity index is 1100. The summed E-state index contributed by atoms with van der Waals surface area (Å²) in [4.78, 5) is 6.88. The van der Waals surface area contributed by atoms with Crippen LogP contribution in [0.1, 0.15) is 48.9 Å². The van der Waals surface area contributed by atoms with E-state index in [1.54, 1.807) is 0 Å². The van der Waals surface area contributed by atoms with Crippen LogP contribution in [0.5, 0.6) is 0 Å². The zero-order valence-electron chi connectivity index (χ0n) is 17.8. The number of benzene rings is 2. The van der Waals surface area contributed by atoms with Crippen LogP contribution >= 0.6 is 12.2 Å². The molecule has 3 aromatic rings. The van der Waals surface area contributed by atoms with E-state index in [-0.39, 0.29) is 6.04 Å². The van der Waals surface area contributed by atoms with Crippen LogP contribution in [0, 0.1) is 13.8 Å². The van der Waals surface area contributed by atoms with Crippen LogP contribution in [-0.2, 0) is 0 Å². The standard InChI is InChI=1S/C24H26N4OS/c1-5-13-28-17(4)20(21(25-24(28)30)18-11-9-15(2)10-12-18)23-26-22(27-29-23)19-8-6-7-16(3)14-19/h6-12,14,21H,5,13H2,1-4H3,(H,25,30). The summed E-state index contributed by atoms with van der Waals surface area (Å²) >= 11 is 5.69. The lowest BCUT2D eigenvalue weighted by Crippen LogP contribution is -2.46. The number of allylic oxidation sites excluding steroid dienone is 1. The van der Waals surface area contributed by atoms with E-state index in [0.717, 1.165) is 46.0 Å². The summed E-state index contributed by atoms with van der Waals surface area (Å²) in [5.74, 6) is 1.11. The molecule has 2 heterocycles. The lowest BCUT2D eigenvalue weighted by Gasteiger charge is -2.37. The average Bonchev–Trinajstić information content (AvgIpc) is 3.21. The third kappa shape index (κ3) is 3.87. The molecular formula is C24H26N4OS. The second kappa shape index (κ2) is 8.40. The van der Waals surface area contributed by atoms with Crippen LogP contribution in [-0.4, -0.2) is 26.7 Å². The first-order chi connectivity index (χ1) is 14.5. The number of nitrogens with one attached hydrogen (secondary N) is 1. The Morgan fingerprint density at radius 1 is 1.07 bits per heavy atom. The summed E-state index contributed by atoms with van der Waals surface area (Å²) in [7, 11) is 0. The van der Waals surface area contributed by atoms with Crippen LogP contribution in [0.4, 0.5) is 0 Å². The van der Waals surface area contributed by atoms with Gasteiger partial charge in [-0.15, -0.1) is 0 Å². The maximum Gasteiger partial charge on any atom is 0.258 e. The van der Waals surface area contributed by atoms with Gasteiger partial charge in [0.2, 0.25) is 5.82 Å². The van der Waals surface area contributed by atoms with Crippen molar-refractivity contribution in [1.82, 2.24) is 20.4 Å². The van der Waals surface area contributed by atoms with Gasteiger partial charge >= 0.3 is 0 Å². The van der Waals surface area contributed by atoms with Gasteiger partial charge in [0.1, 0.15) is 0 Å². The Labute approximate surface area is 182 Å². The minimum absolute atomic E-state index is 0.142. The molecule has 5 nitrogen and oxygen atoms in total. The highest BCUT2D eigenvalue weighted by molar-refractivity contribution is 7.80. The normalized spacial score (nSPS) is 16.7. The molecule has 1 N–H and O–H groups in total. The lowest BCUT2D eigenvalue weighted by atomic mass is 9.94. The maximum atomic E-state index is 5.78. The van der Waals surface area contributed by atoms with Crippen molar-refractivity contribution in [3.05, 3.63) is 76.8 Å². The highest BCUT2D eigenvalue weighted by Gasteiger charge is 2.33. The molecule has 0 spiro atoms. The summed E-state index contributed by atoms with van der Waals surface area (Å²) in [6.07, 6.45) is 0.986. The Kier molecular flexibility index (Phi) is 5.68. The second-order valence-electron chi connectivity index (χ2n) is 7.74. The highest BCUT2D eigenvalue weighted by Crippen LogP contribution is 2.37. The number of thiocarbonyl (C=S) groups is 1. The fourth-order valence-electron chi connectivity index (χ4n) is 3.79. The number of nitrogens with zero attached hydrogens (tertiary/aromatic N) is 3. The maximum absolute atomic E-state index is 5.78. The quantitative estimate of drug-likeness (QED) is 0.558. The Hall–Kier alpha value is -2.99. The van der Waals surface area contributed by atoms with E-state index in [1.165, 1.54) is 5.56 Å². The van der Waals surface area contributed by atoms with Crippen molar-refractivity contribution >= 4 is 22.9 Å². The monoisotopic (exact) mass is 418 g/mol. The molecule has 0 fully saturated rings. The van der Waals surface area contributed by atoms with Gasteiger partial charge in [-0.05, 0) is 51.0 Å². The third-order valence-electron chi connectivity index (χ3n) is 5.39. The van der Waals surface area contributed by atoms with Gasteiger partial charge in [0.05, 0.1) is 11.6 Å². The van der Waals surface area contributed by atoms with Gasteiger partial charge in [0.15, 0.2) is 5.11 Å². The first kappa shape index (κ1) is 20.3. The largest absolute Gasteiger partial charge is 0.351 e. The molecule has 0 amide bonds. The number of hydrogen-bond donors (Lipinski definition) is 1. The number of rotatable bonds is 5. The molecule has 0 radical (unpaired) electrons. The smallest absolute Gasteiger partial charge is 0.258 e. The van der Waals surface area contributed by atoms with E-state index in [0.29, 0.717) is 11.7 Å². The fourth-order valence-corrected chi connectivity index (χ4v) is 4.14. The number of aromatic nitrogens is 2. The SMILES string of the molecule is CCCN1C(=S)NC(c2ccc(C)cc2)C(c2nc(-c3cccc(C)c3)no2)=C1C. The predicted octanol–water partition coefficient (Wildman–Crippen LogP) is 5.43. The van der Waals surface area contributed by atoms with Crippen LogP contribution in [0.15, 0.2) is 58.8 Å². The molecule has 0 saturated heterocycles. The molecule has 6 heteroatoms. The van der Waals surface area contributed by atoms with Gasteiger partial charge in [-0.2, -0.15) is 4.98 Å². The van der Waals surface area contributed by atoms with E-state index < -0.39 is 0 Å². The van der Waals surface area contributed by atoms with Gasteiger partial charge in [-0.3, -0.25) is 0 Å². The average molecular weight is 419 g/mol. The van der Waals surface area contributed by atoms with Crippen molar-refractivity contribution < 1.29 is 4.52 Å². The summed E-state index contributed by atoms with van der Waals surface area (Å²) in [5, 5.41) is 8.49. The molecule has 0 bridgehead atoms. The van der Waals surface area contributed by atoms with Crippen LogP contribution in [0.25, 0.3) is 17.0 Å². The molecule has 1 aliphatic heterocycles. The minimum atomic E-state index is -0.142. The van der Waals surface area contributed by atoms with Gasteiger partial charge in [-0.25, -0.2) is 0 Å². The zero-order chi connectivity index (χ0) is 21.3. The molecular weight excluding hydrogens is 392 g/mol. The van der Waals surface area contributed by atoms with E-state index in [4.69, 9.17) is 21.7 Å². The molecule has 30 heavy (non-hydrogen) atoms. The van der Waals surface area contributed by atoms with Gasteiger partial charge < -0.3 is 14.7 Å². The van der Waals surface area contributed by atoms with Crippen LogP contribution in [0.3, 0.4) is 0 Å². The molecule has 2 aromatic carbocycles. The van der Waals surface area contributed by atoms with Crippen molar-refractivity contribution in [3.8, 4) is 11.4 Å². The summed E-state index contributed by atoms with van der Waals surface area (Å²) in [6, 6.07) is 16.4. The van der Waals surface area contributed by atoms with Gasteiger partial charge in [0, 0.05) is 17.8 Å². The number of hydrogen-bond acceptors (Lipinski definition) is 4. The van der Waals surface area contributed by atoms with E-state index >= 15 is 0 Å². The van der Waals surface area contributed by atoms with E-state index in [9.17, 15) is 0 Å². The minimum Gasteiger partial charge on any atom is -0.351 e. The molecule has 1 unspecified atom stereocenters. The molecule has 154 valence electrons. The molecule has 0 saturated carbocycles. The molecule has 0 aliphatic carbocycles. The fraction of sp³-hybridized carbons (Fsp3) is 0.292. The van der Waals surface area contributed by atoms with Gasteiger partial charge in [-0.1, -0.05) is 65.7 Å². The molecule has 1 aliphatic rings. The lowest BCUT2D eigenvalue weighted by molar-refractivity contribution is 0.396.